The zero-order valence-corrected chi connectivity index (χ0v) is 19.9. The maximum Gasteiger partial charge on any atom is 0.341 e. The van der Waals surface area contributed by atoms with Crippen LogP contribution in [0.3, 0.4) is 0 Å². The number of aliphatic hydroxyl groups is 1. The molecule has 1 aromatic carbocycles. The van der Waals surface area contributed by atoms with Crippen molar-refractivity contribution in [2.24, 2.45) is 0 Å². The van der Waals surface area contributed by atoms with Crippen LogP contribution in [0.15, 0.2) is 11.6 Å². The van der Waals surface area contributed by atoms with Crippen molar-refractivity contribution in [3.8, 4) is 0 Å². The van der Waals surface area contributed by atoms with Crippen molar-refractivity contribution in [3.05, 3.63) is 45.0 Å². The fraction of sp³-hybridized carbons (Fsp3) is 0.625. The summed E-state index contributed by atoms with van der Waals surface area (Å²) in [6.07, 6.45) is 5.60. The van der Waals surface area contributed by atoms with E-state index in [1.54, 1.807) is 0 Å². The average Bonchev–Trinajstić information content (AvgIpc) is 3.23. The zero-order valence-electron chi connectivity index (χ0n) is 18.9. The summed E-state index contributed by atoms with van der Waals surface area (Å²) < 4.78 is 11.8. The molecule has 2 atom stereocenters. The minimum absolute atomic E-state index is 0.249. The number of allylic oxidation sites excluding steroid dienone is 1. The lowest BCUT2D eigenvalue weighted by atomic mass is 9.74. The highest BCUT2D eigenvalue weighted by atomic mass is 28.3. The Balaban J connectivity index is 2.22. The summed E-state index contributed by atoms with van der Waals surface area (Å²) in [7, 11) is -1.03. The number of hydrogen-bond donors (Lipinski definition) is 1. The molecule has 0 bridgehead atoms. The fourth-order valence-electron chi connectivity index (χ4n) is 4.89. The summed E-state index contributed by atoms with van der Waals surface area (Å²) in [6.45, 7) is 14.7. The van der Waals surface area contributed by atoms with Gasteiger partial charge in [-0.2, -0.15) is 0 Å². The summed E-state index contributed by atoms with van der Waals surface area (Å²) >= 11 is 0. The normalized spacial score (nSPS) is 20.1. The summed E-state index contributed by atoms with van der Waals surface area (Å²) in [5, 5.41) is 11.0. The van der Waals surface area contributed by atoms with Crippen LogP contribution in [0.4, 0.5) is 0 Å². The number of carbonyl (C=O) groups excluding carboxylic acids is 1. The Hall–Kier alpha value is -1.43. The highest BCUT2D eigenvalue weighted by Gasteiger charge is 2.41. The second-order valence-corrected chi connectivity index (χ2v) is 11.6. The lowest BCUT2D eigenvalue weighted by molar-refractivity contribution is -0.0398. The molecule has 1 heterocycles. The van der Waals surface area contributed by atoms with Crippen LogP contribution in [0.2, 0.25) is 13.1 Å². The maximum absolute atomic E-state index is 13.0. The number of fused-ring (bicyclic) bond motifs is 1. The van der Waals surface area contributed by atoms with Crippen molar-refractivity contribution in [3.63, 3.8) is 0 Å². The minimum atomic E-state index is -1.03. The third-order valence-electron chi connectivity index (χ3n) is 6.04. The number of ether oxygens (including phenoxy) is 1. The van der Waals surface area contributed by atoms with Crippen molar-refractivity contribution in [2.75, 3.05) is 0 Å². The van der Waals surface area contributed by atoms with E-state index in [4.69, 9.17) is 9.16 Å². The molecule has 1 aliphatic carbocycles. The van der Waals surface area contributed by atoms with Gasteiger partial charge in [0, 0.05) is 12.0 Å². The fourth-order valence-corrected chi connectivity index (χ4v) is 5.48. The van der Waals surface area contributed by atoms with Crippen LogP contribution in [-0.2, 0) is 27.4 Å². The first-order chi connectivity index (χ1) is 13.6. The van der Waals surface area contributed by atoms with Crippen molar-refractivity contribution < 1.29 is 19.1 Å². The van der Waals surface area contributed by atoms with Crippen LogP contribution < -0.4 is 0 Å². The molecular formula is C24H35O4Si. The van der Waals surface area contributed by atoms with Gasteiger partial charge in [0.1, 0.15) is 0 Å². The van der Waals surface area contributed by atoms with Crippen molar-refractivity contribution in [1.29, 1.82) is 0 Å². The third-order valence-corrected chi connectivity index (χ3v) is 6.73. The molecule has 1 radical (unpaired) electrons. The Kier molecular flexibility index (Phi) is 6.42. The van der Waals surface area contributed by atoms with Gasteiger partial charge in [-0.3, -0.25) is 0 Å². The predicted octanol–water partition coefficient (Wildman–Crippen LogP) is 5.31. The molecule has 0 aromatic heterocycles. The number of esters is 1. The minimum Gasteiger partial charge on any atom is -0.429 e. The summed E-state index contributed by atoms with van der Waals surface area (Å²) in [4.78, 5) is 13.0. The predicted molar refractivity (Wildman–Crippen MR) is 118 cm³/mol. The molecule has 1 N–H and O–H groups in total. The largest absolute Gasteiger partial charge is 0.429 e. The van der Waals surface area contributed by atoms with Gasteiger partial charge in [0.2, 0.25) is 15.3 Å². The van der Waals surface area contributed by atoms with Gasteiger partial charge in [-0.25, -0.2) is 4.79 Å². The van der Waals surface area contributed by atoms with Crippen LogP contribution in [-0.4, -0.2) is 26.2 Å². The molecule has 3 rings (SSSR count). The highest BCUT2D eigenvalue weighted by Crippen LogP contribution is 2.45. The lowest BCUT2D eigenvalue weighted by Crippen LogP contribution is -2.25. The second kappa shape index (κ2) is 8.36. The Labute approximate surface area is 177 Å². The van der Waals surface area contributed by atoms with Gasteiger partial charge in [-0.15, -0.1) is 0 Å². The number of rotatable bonds is 6. The van der Waals surface area contributed by atoms with Crippen LogP contribution >= 0.6 is 0 Å². The SMILES string of the molecule is CCc1c(C)c2c(c(C(C)(C)C)c1C[C@H](O)C1=CCCC1)C(=O)OC2O[Si](C)C. The Morgan fingerprint density at radius 1 is 1.31 bits per heavy atom. The van der Waals surface area contributed by atoms with E-state index in [0.717, 1.165) is 53.5 Å². The lowest BCUT2D eigenvalue weighted by Gasteiger charge is -2.30. The molecule has 5 heteroatoms. The number of aliphatic hydroxyl groups excluding tert-OH is 1. The van der Waals surface area contributed by atoms with Gasteiger partial charge in [0.25, 0.3) is 0 Å². The molecule has 29 heavy (non-hydrogen) atoms. The first-order valence-corrected chi connectivity index (χ1v) is 13.2. The number of benzene rings is 1. The van der Waals surface area contributed by atoms with E-state index in [1.165, 1.54) is 5.56 Å². The zero-order chi connectivity index (χ0) is 21.5. The second-order valence-electron chi connectivity index (χ2n) is 9.50. The monoisotopic (exact) mass is 415 g/mol. The van der Waals surface area contributed by atoms with E-state index in [-0.39, 0.29) is 11.4 Å². The van der Waals surface area contributed by atoms with Gasteiger partial charge in [-0.1, -0.05) is 33.8 Å². The molecule has 0 fully saturated rings. The Bertz CT molecular complexity index is 833. The van der Waals surface area contributed by atoms with Crippen LogP contribution in [0.5, 0.6) is 0 Å². The first kappa shape index (κ1) is 22.3. The van der Waals surface area contributed by atoms with Crippen molar-refractivity contribution in [2.45, 2.75) is 97.6 Å². The molecule has 2 aliphatic rings. The number of carbonyl (C=O) groups is 1. The van der Waals surface area contributed by atoms with Crippen molar-refractivity contribution >= 4 is 15.0 Å². The van der Waals surface area contributed by atoms with E-state index in [1.807, 2.05) is 0 Å². The molecule has 1 aromatic rings. The Morgan fingerprint density at radius 2 is 2.00 bits per heavy atom. The molecule has 0 spiro atoms. The molecule has 0 amide bonds. The van der Waals surface area contributed by atoms with Crippen LogP contribution in [0.1, 0.15) is 91.4 Å². The molecule has 1 aliphatic heterocycles. The van der Waals surface area contributed by atoms with E-state index in [9.17, 15) is 9.90 Å². The number of cyclic esters (lactones) is 1. The first-order valence-electron chi connectivity index (χ1n) is 10.8. The molecule has 0 saturated heterocycles. The van der Waals surface area contributed by atoms with Crippen LogP contribution in [0, 0.1) is 6.92 Å². The van der Waals surface area contributed by atoms with Gasteiger partial charge < -0.3 is 14.3 Å². The molecule has 4 nitrogen and oxygen atoms in total. The van der Waals surface area contributed by atoms with Gasteiger partial charge >= 0.3 is 5.97 Å². The summed E-state index contributed by atoms with van der Waals surface area (Å²) in [5.74, 6) is -0.292. The standard InChI is InChI=1S/C24H35O4Si/c1-8-16-14(2)19-20(22(26)27-23(19)28-29(6)7)21(24(3,4)5)17(16)13-18(25)15-11-9-10-12-15/h11,18,23,25H,8-10,12-13H2,1-7H3/t18-,23?/m0/s1. The van der Waals surface area contributed by atoms with Gasteiger partial charge in [-0.05, 0) is 78.9 Å². The Morgan fingerprint density at radius 3 is 2.52 bits per heavy atom. The van der Waals surface area contributed by atoms with E-state index < -0.39 is 21.4 Å². The van der Waals surface area contributed by atoms with Crippen molar-refractivity contribution in [1.82, 2.24) is 0 Å². The van der Waals surface area contributed by atoms with Gasteiger partial charge in [0.15, 0.2) is 0 Å². The summed E-state index contributed by atoms with van der Waals surface area (Å²) in [5.41, 5.74) is 6.90. The highest BCUT2D eigenvalue weighted by molar-refractivity contribution is 6.48. The maximum atomic E-state index is 13.0. The molecule has 1 unspecified atom stereocenters. The van der Waals surface area contributed by atoms with E-state index in [2.05, 4.69) is 53.8 Å². The summed E-state index contributed by atoms with van der Waals surface area (Å²) in [6, 6.07) is 0. The average molecular weight is 416 g/mol. The third kappa shape index (κ3) is 4.23. The smallest absolute Gasteiger partial charge is 0.341 e. The van der Waals surface area contributed by atoms with Gasteiger partial charge in [0.05, 0.1) is 11.7 Å². The molecular weight excluding hydrogens is 380 g/mol. The topological polar surface area (TPSA) is 55.8 Å². The quantitative estimate of drug-likeness (QED) is 0.389. The van der Waals surface area contributed by atoms with E-state index in [0.29, 0.717) is 12.0 Å². The molecule has 159 valence electrons. The number of hydrogen-bond acceptors (Lipinski definition) is 4. The van der Waals surface area contributed by atoms with E-state index >= 15 is 0 Å². The van der Waals surface area contributed by atoms with Crippen LogP contribution in [0.25, 0.3) is 0 Å². The molecule has 0 saturated carbocycles.